The Hall–Kier alpha value is -2.03. The molecule has 122 valence electrons. The summed E-state index contributed by atoms with van der Waals surface area (Å²) in [4.78, 5) is 4.33. The van der Waals surface area contributed by atoms with Crippen LogP contribution in [0.4, 0.5) is 0 Å². The van der Waals surface area contributed by atoms with E-state index in [9.17, 15) is 8.42 Å². The maximum Gasteiger partial charge on any atom is 0.238 e. The van der Waals surface area contributed by atoms with Gasteiger partial charge in [0, 0.05) is 31.4 Å². The van der Waals surface area contributed by atoms with Gasteiger partial charge in [-0.1, -0.05) is 18.2 Å². The van der Waals surface area contributed by atoms with Gasteiger partial charge >= 0.3 is 0 Å². The van der Waals surface area contributed by atoms with Gasteiger partial charge in [0.15, 0.2) is 5.11 Å². The van der Waals surface area contributed by atoms with Gasteiger partial charge in [-0.05, 0) is 42.0 Å². The number of pyridine rings is 1. The number of primary sulfonamides is 1. The summed E-state index contributed by atoms with van der Waals surface area (Å²) < 4.78 is 22.3. The monoisotopic (exact) mass is 350 g/mol. The van der Waals surface area contributed by atoms with Crippen LogP contribution in [-0.4, -0.2) is 25.1 Å². The van der Waals surface area contributed by atoms with Crippen molar-refractivity contribution in [2.75, 3.05) is 6.54 Å². The van der Waals surface area contributed by atoms with Gasteiger partial charge in [0.25, 0.3) is 0 Å². The molecule has 0 amide bonds. The summed E-state index contributed by atoms with van der Waals surface area (Å²) in [7, 11) is -3.65. The molecule has 1 heterocycles. The molecule has 1 aromatic carbocycles. The highest BCUT2D eigenvalue weighted by Gasteiger charge is 2.06. The molecule has 0 saturated carbocycles. The maximum atomic E-state index is 11.2. The number of hydrogen-bond donors (Lipinski definition) is 3. The van der Waals surface area contributed by atoms with Crippen molar-refractivity contribution in [1.82, 2.24) is 15.6 Å². The van der Waals surface area contributed by atoms with Crippen LogP contribution in [0.3, 0.4) is 0 Å². The second kappa shape index (κ2) is 8.00. The van der Waals surface area contributed by atoms with Crippen LogP contribution in [0.1, 0.15) is 11.3 Å². The zero-order chi connectivity index (χ0) is 16.7. The Morgan fingerprint density at radius 2 is 1.87 bits per heavy atom. The average Bonchev–Trinajstić information content (AvgIpc) is 2.53. The molecule has 2 aromatic rings. The van der Waals surface area contributed by atoms with Gasteiger partial charge in [-0.15, -0.1) is 0 Å². The van der Waals surface area contributed by atoms with Crippen LogP contribution in [-0.2, 0) is 23.0 Å². The first-order valence-electron chi connectivity index (χ1n) is 6.98. The Bertz CT molecular complexity index is 747. The van der Waals surface area contributed by atoms with Gasteiger partial charge in [-0.2, -0.15) is 0 Å². The third kappa shape index (κ3) is 5.93. The third-order valence-electron chi connectivity index (χ3n) is 3.10. The van der Waals surface area contributed by atoms with E-state index in [2.05, 4.69) is 15.6 Å². The summed E-state index contributed by atoms with van der Waals surface area (Å²) in [5.74, 6) is 0. The first-order chi connectivity index (χ1) is 10.9. The van der Waals surface area contributed by atoms with Crippen LogP contribution in [0, 0.1) is 0 Å². The van der Waals surface area contributed by atoms with Gasteiger partial charge in [0.2, 0.25) is 10.0 Å². The summed E-state index contributed by atoms with van der Waals surface area (Å²) in [6.45, 7) is 1.19. The van der Waals surface area contributed by atoms with E-state index >= 15 is 0 Å². The van der Waals surface area contributed by atoms with E-state index in [1.54, 1.807) is 18.3 Å². The van der Waals surface area contributed by atoms with E-state index < -0.39 is 10.0 Å². The van der Waals surface area contributed by atoms with E-state index in [4.69, 9.17) is 17.4 Å². The van der Waals surface area contributed by atoms with Crippen molar-refractivity contribution in [2.24, 2.45) is 5.14 Å². The molecule has 0 aliphatic rings. The van der Waals surface area contributed by atoms with Crippen LogP contribution in [0.5, 0.6) is 0 Å². The fourth-order valence-electron chi connectivity index (χ4n) is 1.89. The standard InChI is InChI=1S/C15H18N4O2S2/c16-23(20,21)14-6-4-12(5-7-14)11-19-15(22)18-10-8-13-3-1-2-9-17-13/h1-7,9H,8,10-11H2,(H2,16,20,21)(H2,18,19,22). The van der Waals surface area contributed by atoms with Crippen molar-refractivity contribution in [3.8, 4) is 0 Å². The Labute approximate surface area is 141 Å². The van der Waals surface area contributed by atoms with Gasteiger partial charge < -0.3 is 10.6 Å². The highest BCUT2D eigenvalue weighted by Crippen LogP contribution is 2.08. The minimum Gasteiger partial charge on any atom is -0.362 e. The Kier molecular flexibility index (Phi) is 6.03. The molecule has 0 radical (unpaired) electrons. The highest BCUT2D eigenvalue weighted by atomic mass is 32.2. The quantitative estimate of drug-likeness (QED) is 0.671. The lowest BCUT2D eigenvalue weighted by Crippen LogP contribution is -2.36. The highest BCUT2D eigenvalue weighted by molar-refractivity contribution is 7.89. The van der Waals surface area contributed by atoms with Crippen molar-refractivity contribution in [3.05, 3.63) is 59.9 Å². The number of sulfonamides is 1. The van der Waals surface area contributed by atoms with Gasteiger partial charge in [-0.25, -0.2) is 13.6 Å². The topological polar surface area (TPSA) is 97.1 Å². The molecule has 23 heavy (non-hydrogen) atoms. The minimum absolute atomic E-state index is 0.0947. The molecule has 4 N–H and O–H groups in total. The second-order valence-corrected chi connectivity index (χ2v) is 6.84. The van der Waals surface area contributed by atoms with Crippen molar-refractivity contribution in [3.63, 3.8) is 0 Å². The SMILES string of the molecule is NS(=O)(=O)c1ccc(CNC(=S)NCCc2ccccn2)cc1. The molecule has 0 bridgehead atoms. The minimum atomic E-state index is -3.65. The summed E-state index contributed by atoms with van der Waals surface area (Å²) in [5.41, 5.74) is 1.91. The number of nitrogens with zero attached hydrogens (tertiary/aromatic N) is 1. The van der Waals surface area contributed by atoms with E-state index in [1.165, 1.54) is 12.1 Å². The maximum absolute atomic E-state index is 11.2. The fraction of sp³-hybridized carbons (Fsp3) is 0.200. The smallest absolute Gasteiger partial charge is 0.238 e. The van der Waals surface area contributed by atoms with Crippen molar-refractivity contribution < 1.29 is 8.42 Å². The molecule has 0 aliphatic carbocycles. The molecule has 0 aliphatic heterocycles. The first kappa shape index (κ1) is 17.3. The molecule has 1 aromatic heterocycles. The Balaban J connectivity index is 1.74. The lowest BCUT2D eigenvalue weighted by molar-refractivity contribution is 0.597. The summed E-state index contributed by atoms with van der Waals surface area (Å²) in [5, 5.41) is 11.8. The molecular weight excluding hydrogens is 332 g/mol. The van der Waals surface area contributed by atoms with Crippen molar-refractivity contribution >= 4 is 27.4 Å². The molecule has 0 unspecified atom stereocenters. The zero-order valence-electron chi connectivity index (χ0n) is 12.4. The van der Waals surface area contributed by atoms with Crippen LogP contribution in [0.2, 0.25) is 0 Å². The van der Waals surface area contributed by atoms with Crippen LogP contribution in [0.25, 0.3) is 0 Å². The summed E-state index contributed by atoms with van der Waals surface area (Å²) in [6.07, 6.45) is 2.54. The molecule has 0 spiro atoms. The predicted octanol–water partition coefficient (Wildman–Crippen LogP) is 0.936. The van der Waals surface area contributed by atoms with Crippen LogP contribution >= 0.6 is 12.2 Å². The molecule has 0 fully saturated rings. The number of aromatic nitrogens is 1. The largest absolute Gasteiger partial charge is 0.362 e. The van der Waals surface area contributed by atoms with Crippen molar-refractivity contribution in [1.29, 1.82) is 0 Å². The average molecular weight is 350 g/mol. The van der Waals surface area contributed by atoms with Crippen LogP contribution in [0.15, 0.2) is 53.6 Å². The second-order valence-electron chi connectivity index (χ2n) is 4.87. The molecule has 6 nitrogen and oxygen atoms in total. The number of nitrogens with one attached hydrogen (secondary N) is 2. The lowest BCUT2D eigenvalue weighted by Gasteiger charge is -2.10. The summed E-state index contributed by atoms with van der Waals surface area (Å²) in [6, 6.07) is 12.1. The van der Waals surface area contributed by atoms with E-state index in [1.807, 2.05) is 18.2 Å². The fourth-order valence-corrected chi connectivity index (χ4v) is 2.58. The normalized spacial score (nSPS) is 11.0. The summed E-state index contributed by atoms with van der Waals surface area (Å²) >= 11 is 5.20. The van der Waals surface area contributed by atoms with Gasteiger partial charge in [-0.3, -0.25) is 4.98 Å². The lowest BCUT2D eigenvalue weighted by atomic mass is 10.2. The number of rotatable bonds is 6. The number of thiocarbonyl (C=S) groups is 1. The number of benzene rings is 1. The Morgan fingerprint density at radius 1 is 1.13 bits per heavy atom. The molecule has 0 saturated heterocycles. The van der Waals surface area contributed by atoms with Gasteiger partial charge in [0.05, 0.1) is 4.90 Å². The first-order valence-corrected chi connectivity index (χ1v) is 8.94. The van der Waals surface area contributed by atoms with E-state index in [0.29, 0.717) is 18.2 Å². The number of nitrogens with two attached hydrogens (primary N) is 1. The predicted molar refractivity (Wildman–Crippen MR) is 93.2 cm³/mol. The number of hydrogen-bond acceptors (Lipinski definition) is 4. The molecule has 2 rings (SSSR count). The van der Waals surface area contributed by atoms with Crippen molar-refractivity contribution in [2.45, 2.75) is 17.9 Å². The van der Waals surface area contributed by atoms with Gasteiger partial charge in [0.1, 0.15) is 0 Å². The van der Waals surface area contributed by atoms with E-state index in [0.717, 1.165) is 17.7 Å². The van der Waals surface area contributed by atoms with Crippen LogP contribution < -0.4 is 15.8 Å². The Morgan fingerprint density at radius 3 is 2.48 bits per heavy atom. The molecular formula is C15H18N4O2S2. The van der Waals surface area contributed by atoms with E-state index in [-0.39, 0.29) is 4.90 Å². The third-order valence-corrected chi connectivity index (χ3v) is 4.32. The molecule has 0 atom stereocenters. The molecule has 8 heteroatoms. The zero-order valence-corrected chi connectivity index (χ0v) is 14.0.